The smallest absolute Gasteiger partial charge is 0.360 e. The van der Waals surface area contributed by atoms with Gasteiger partial charge in [-0.3, -0.25) is 4.98 Å². The quantitative estimate of drug-likeness (QED) is 0.384. The minimum Gasteiger partial charge on any atom is -0.486 e. The van der Waals surface area contributed by atoms with Crippen molar-refractivity contribution in [2.45, 2.75) is 6.61 Å². The summed E-state index contributed by atoms with van der Waals surface area (Å²) in [6.45, 7) is 0.228. The summed E-state index contributed by atoms with van der Waals surface area (Å²) in [6.07, 6.45) is 1.64. The molecule has 0 amide bonds. The summed E-state index contributed by atoms with van der Waals surface area (Å²) in [5, 5.41) is 6.07. The number of hydrogen-bond acceptors (Lipinski definition) is 7. The Kier molecular flexibility index (Phi) is 5.27. The highest BCUT2D eigenvalue weighted by molar-refractivity contribution is 6.30. The summed E-state index contributed by atoms with van der Waals surface area (Å²) in [6, 6.07) is 18.8. The average molecular weight is 460 g/mol. The zero-order valence-electron chi connectivity index (χ0n) is 17.5. The number of benzene rings is 2. The van der Waals surface area contributed by atoms with Crippen LogP contribution in [0.1, 0.15) is 16.1 Å². The van der Waals surface area contributed by atoms with Crippen LogP contribution in [-0.4, -0.2) is 32.7 Å². The molecule has 5 aromatic rings. The molecule has 164 valence electrons. The Morgan fingerprint density at radius 3 is 2.67 bits per heavy atom. The molecule has 33 heavy (non-hydrogen) atoms. The van der Waals surface area contributed by atoms with Crippen molar-refractivity contribution < 1.29 is 14.3 Å². The highest BCUT2D eigenvalue weighted by Crippen LogP contribution is 2.35. The van der Waals surface area contributed by atoms with E-state index < -0.39 is 5.97 Å². The number of anilines is 1. The number of aromatic nitrogens is 4. The second kappa shape index (κ2) is 8.40. The van der Waals surface area contributed by atoms with Gasteiger partial charge < -0.3 is 15.2 Å². The molecule has 0 spiro atoms. The monoisotopic (exact) mass is 459 g/mol. The number of fused-ring (bicyclic) bond motifs is 3. The topological polar surface area (TPSA) is 105 Å². The third kappa shape index (κ3) is 3.81. The molecule has 0 bridgehead atoms. The van der Waals surface area contributed by atoms with E-state index in [4.69, 9.17) is 26.8 Å². The number of hydrogen-bond donors (Lipinski definition) is 1. The number of esters is 1. The first kappa shape index (κ1) is 20.7. The molecule has 0 fully saturated rings. The summed E-state index contributed by atoms with van der Waals surface area (Å²) >= 11 is 6.17. The first-order valence-corrected chi connectivity index (χ1v) is 10.4. The second-order valence-corrected chi connectivity index (χ2v) is 7.71. The summed E-state index contributed by atoms with van der Waals surface area (Å²) in [5.74, 6) is -0.334. The van der Waals surface area contributed by atoms with Crippen LogP contribution in [0.25, 0.3) is 27.7 Å². The first-order valence-electron chi connectivity index (χ1n) is 10.0. The van der Waals surface area contributed by atoms with Gasteiger partial charge in [0.05, 0.1) is 12.8 Å². The molecule has 0 aliphatic rings. The number of nitrogens with zero attached hydrogens (tertiary/aromatic N) is 4. The fourth-order valence-electron chi connectivity index (χ4n) is 3.66. The molecule has 0 aliphatic carbocycles. The third-order valence-corrected chi connectivity index (χ3v) is 5.40. The summed E-state index contributed by atoms with van der Waals surface area (Å²) < 4.78 is 12.5. The van der Waals surface area contributed by atoms with Gasteiger partial charge in [-0.25, -0.2) is 4.79 Å². The van der Waals surface area contributed by atoms with Crippen LogP contribution in [0, 0.1) is 0 Å². The maximum atomic E-state index is 12.8. The number of nitrogens with two attached hydrogens (primary N) is 1. The lowest BCUT2D eigenvalue weighted by Gasteiger charge is -2.15. The van der Waals surface area contributed by atoms with Crippen molar-refractivity contribution in [1.29, 1.82) is 0 Å². The van der Waals surface area contributed by atoms with Crippen LogP contribution in [0.2, 0.25) is 5.02 Å². The van der Waals surface area contributed by atoms with Crippen LogP contribution in [0.15, 0.2) is 66.9 Å². The lowest BCUT2D eigenvalue weighted by Crippen LogP contribution is -2.13. The van der Waals surface area contributed by atoms with E-state index in [0.29, 0.717) is 27.1 Å². The molecule has 0 saturated heterocycles. The maximum Gasteiger partial charge on any atom is 0.360 e. The van der Waals surface area contributed by atoms with Crippen LogP contribution in [0.5, 0.6) is 5.75 Å². The molecular formula is C24H18ClN5O3. The zero-order valence-corrected chi connectivity index (χ0v) is 18.3. The lowest BCUT2D eigenvalue weighted by molar-refractivity contribution is 0.0585. The van der Waals surface area contributed by atoms with Gasteiger partial charge in [-0.05, 0) is 23.8 Å². The predicted molar refractivity (Wildman–Crippen MR) is 125 cm³/mol. The van der Waals surface area contributed by atoms with Crippen LogP contribution in [-0.2, 0) is 11.3 Å². The Morgan fingerprint density at radius 2 is 1.91 bits per heavy atom. The standard InChI is InChI=1S/C24H18ClN5O3/c1-32-23(31)20-21(33-13-14-6-3-2-4-7-14)18-12-27-19(15-8-5-9-16(25)10-15)11-17(18)22-28-24(26)29-30(20)22/h2-12H,13H2,1H3,(H2,26,29). The van der Waals surface area contributed by atoms with Gasteiger partial charge in [0.15, 0.2) is 17.1 Å². The molecule has 0 aliphatic heterocycles. The number of nitrogen functional groups attached to an aromatic ring is 1. The number of pyridine rings is 2. The average Bonchev–Trinajstić information content (AvgIpc) is 3.23. The number of carbonyl (C=O) groups excluding carboxylic acids is 1. The van der Waals surface area contributed by atoms with Crippen molar-refractivity contribution in [2.24, 2.45) is 0 Å². The van der Waals surface area contributed by atoms with E-state index in [1.807, 2.05) is 54.6 Å². The van der Waals surface area contributed by atoms with Gasteiger partial charge in [-0.2, -0.15) is 9.50 Å². The fourth-order valence-corrected chi connectivity index (χ4v) is 3.85. The summed E-state index contributed by atoms with van der Waals surface area (Å²) in [5.41, 5.74) is 8.82. The van der Waals surface area contributed by atoms with Gasteiger partial charge in [0.1, 0.15) is 6.61 Å². The minimum absolute atomic E-state index is 0.0165. The Hall–Kier alpha value is -4.17. The van der Waals surface area contributed by atoms with Crippen LogP contribution in [0.4, 0.5) is 5.95 Å². The van der Waals surface area contributed by atoms with E-state index >= 15 is 0 Å². The van der Waals surface area contributed by atoms with E-state index in [1.165, 1.54) is 11.6 Å². The van der Waals surface area contributed by atoms with Crippen LogP contribution < -0.4 is 10.5 Å². The van der Waals surface area contributed by atoms with Crippen LogP contribution in [0.3, 0.4) is 0 Å². The Bertz CT molecular complexity index is 1500. The number of carbonyl (C=O) groups is 1. The largest absolute Gasteiger partial charge is 0.486 e. The summed E-state index contributed by atoms with van der Waals surface area (Å²) in [4.78, 5) is 21.7. The predicted octanol–water partition coefficient (Wildman–Crippen LogP) is 4.55. The fraction of sp³-hybridized carbons (Fsp3) is 0.0833. The molecule has 0 saturated carbocycles. The second-order valence-electron chi connectivity index (χ2n) is 7.27. The SMILES string of the molecule is COC(=O)c1c(OCc2ccccc2)c2cnc(-c3cccc(Cl)c3)cc2c2nc(N)nn12. The number of ether oxygens (including phenoxy) is 2. The van der Waals surface area contributed by atoms with Crippen molar-refractivity contribution in [3.63, 3.8) is 0 Å². The lowest BCUT2D eigenvalue weighted by atomic mass is 10.1. The number of halogens is 1. The molecule has 2 aromatic carbocycles. The molecule has 9 heteroatoms. The van der Waals surface area contributed by atoms with Crippen molar-refractivity contribution in [2.75, 3.05) is 12.8 Å². The summed E-state index contributed by atoms with van der Waals surface area (Å²) in [7, 11) is 1.29. The van der Waals surface area contributed by atoms with Gasteiger partial charge in [0.25, 0.3) is 0 Å². The zero-order chi connectivity index (χ0) is 22.9. The molecule has 3 aromatic heterocycles. The molecular weight excluding hydrogens is 442 g/mol. The van der Waals surface area contributed by atoms with E-state index in [0.717, 1.165) is 11.1 Å². The maximum absolute atomic E-state index is 12.8. The van der Waals surface area contributed by atoms with Gasteiger partial charge in [-0.15, -0.1) is 5.10 Å². The Morgan fingerprint density at radius 1 is 1.09 bits per heavy atom. The van der Waals surface area contributed by atoms with E-state index in [9.17, 15) is 4.79 Å². The first-order chi connectivity index (χ1) is 16.0. The van der Waals surface area contributed by atoms with E-state index in [1.54, 1.807) is 12.3 Å². The molecule has 0 radical (unpaired) electrons. The number of rotatable bonds is 5. The van der Waals surface area contributed by atoms with Crippen LogP contribution >= 0.6 is 11.6 Å². The van der Waals surface area contributed by atoms with Gasteiger partial charge in [0, 0.05) is 27.6 Å². The molecule has 3 heterocycles. The molecule has 5 rings (SSSR count). The van der Waals surface area contributed by atoms with Gasteiger partial charge in [-0.1, -0.05) is 54.1 Å². The van der Waals surface area contributed by atoms with E-state index in [-0.39, 0.29) is 24.0 Å². The minimum atomic E-state index is -0.631. The molecule has 8 nitrogen and oxygen atoms in total. The van der Waals surface area contributed by atoms with E-state index in [2.05, 4.69) is 15.1 Å². The van der Waals surface area contributed by atoms with Gasteiger partial charge >= 0.3 is 5.97 Å². The molecule has 0 atom stereocenters. The van der Waals surface area contributed by atoms with Gasteiger partial charge in [0.2, 0.25) is 5.95 Å². The highest BCUT2D eigenvalue weighted by Gasteiger charge is 2.25. The van der Waals surface area contributed by atoms with Crippen molar-refractivity contribution in [3.8, 4) is 17.0 Å². The van der Waals surface area contributed by atoms with Crippen molar-refractivity contribution in [3.05, 3.63) is 83.1 Å². The Balaban J connectivity index is 1.76. The third-order valence-electron chi connectivity index (χ3n) is 5.17. The Labute approximate surface area is 193 Å². The highest BCUT2D eigenvalue weighted by atomic mass is 35.5. The molecule has 0 unspecified atom stereocenters. The van der Waals surface area contributed by atoms with Crippen molar-refractivity contribution >= 4 is 39.9 Å². The normalized spacial score (nSPS) is 11.1. The number of methoxy groups -OCH3 is 1. The van der Waals surface area contributed by atoms with Crippen molar-refractivity contribution in [1.82, 2.24) is 19.6 Å². The molecule has 2 N–H and O–H groups in total.